The van der Waals surface area contributed by atoms with Crippen molar-refractivity contribution in [2.45, 2.75) is 6.92 Å². The largest absolute Gasteiger partial charge is 0.493 e. The number of aromatic nitrogens is 1. The van der Waals surface area contributed by atoms with Gasteiger partial charge in [0.1, 0.15) is 11.6 Å². The molecule has 0 aliphatic heterocycles. The Labute approximate surface area is 272 Å². The molecule has 238 valence electrons. The first kappa shape index (κ1) is 31.4. The molecule has 0 aliphatic rings. The number of hydrogen-bond donors (Lipinski definition) is 0. The molecule has 6 rings (SSSR count). The van der Waals surface area contributed by atoms with E-state index in [1.807, 2.05) is 49.4 Å². The van der Waals surface area contributed by atoms with Gasteiger partial charge in [-0.3, -0.25) is 4.98 Å². The summed E-state index contributed by atoms with van der Waals surface area (Å²) >= 11 is 0. The predicted molar refractivity (Wildman–Crippen MR) is 181 cm³/mol. The van der Waals surface area contributed by atoms with Gasteiger partial charge in [0.05, 0.1) is 41.2 Å². The van der Waals surface area contributed by atoms with E-state index in [1.165, 1.54) is 24.3 Å². The molecular formula is C39H33F2NO5. The van der Waals surface area contributed by atoms with Gasteiger partial charge in [-0.1, -0.05) is 24.3 Å². The number of methoxy groups -OCH3 is 5. The highest BCUT2D eigenvalue weighted by atomic mass is 19.1. The fraction of sp³-hybridized carbons (Fsp3) is 0.154. The first-order chi connectivity index (χ1) is 22.8. The molecule has 47 heavy (non-hydrogen) atoms. The Morgan fingerprint density at radius 2 is 0.979 bits per heavy atom. The van der Waals surface area contributed by atoms with Gasteiger partial charge in [-0.05, 0) is 107 Å². The summed E-state index contributed by atoms with van der Waals surface area (Å²) < 4.78 is 56.5. The Hall–Kier alpha value is -5.63. The summed E-state index contributed by atoms with van der Waals surface area (Å²) in [4.78, 5) is 4.98. The van der Waals surface area contributed by atoms with Gasteiger partial charge in [0.25, 0.3) is 0 Å². The first-order valence-electron chi connectivity index (χ1n) is 14.8. The second-order valence-corrected chi connectivity index (χ2v) is 10.9. The van der Waals surface area contributed by atoms with E-state index < -0.39 is 0 Å². The van der Waals surface area contributed by atoms with E-state index in [0.29, 0.717) is 34.4 Å². The molecule has 1 aromatic heterocycles. The van der Waals surface area contributed by atoms with Crippen LogP contribution in [0.5, 0.6) is 28.7 Å². The standard InChI is InChI=1S/C39H33F2NO5/c1-22-36-29(21-35(44-3)38(46-5)39(36)47-6)19-33(42-22)28-18-32(37(45-4)34(20-28)43-2)27-16-25(23-7-11-30(40)12-8-23)15-26(17-27)24-9-13-31(41)14-10-24/h7-21H,1-6H3. The summed E-state index contributed by atoms with van der Waals surface area (Å²) in [5.74, 6) is 1.96. The zero-order chi connectivity index (χ0) is 33.2. The summed E-state index contributed by atoms with van der Waals surface area (Å²) in [5, 5.41) is 1.67. The third-order valence-electron chi connectivity index (χ3n) is 8.18. The second-order valence-electron chi connectivity index (χ2n) is 10.9. The van der Waals surface area contributed by atoms with Gasteiger partial charge in [-0.15, -0.1) is 0 Å². The van der Waals surface area contributed by atoms with Crippen LogP contribution in [0.1, 0.15) is 5.69 Å². The molecule has 6 aromatic rings. The molecular weight excluding hydrogens is 600 g/mol. The highest BCUT2D eigenvalue weighted by Gasteiger charge is 2.22. The highest BCUT2D eigenvalue weighted by Crippen LogP contribution is 2.47. The SMILES string of the molecule is COc1cc(-c2cc3cc(OC)c(OC)c(OC)c3c(C)n2)cc(-c2cc(-c3ccc(F)cc3)cc(-c3ccc(F)cc3)c2)c1OC. The lowest BCUT2D eigenvalue weighted by Crippen LogP contribution is -1.99. The Morgan fingerprint density at radius 3 is 1.49 bits per heavy atom. The van der Waals surface area contributed by atoms with Gasteiger partial charge >= 0.3 is 0 Å². The number of aryl methyl sites for hydroxylation is 1. The second kappa shape index (κ2) is 13.0. The van der Waals surface area contributed by atoms with Crippen LogP contribution in [0.25, 0.3) is 55.4 Å². The van der Waals surface area contributed by atoms with E-state index in [0.717, 1.165) is 55.4 Å². The fourth-order valence-corrected chi connectivity index (χ4v) is 5.95. The molecule has 0 bridgehead atoms. The minimum Gasteiger partial charge on any atom is -0.493 e. The summed E-state index contributed by atoms with van der Waals surface area (Å²) in [6.07, 6.45) is 0. The Balaban J connectivity index is 1.60. The van der Waals surface area contributed by atoms with Gasteiger partial charge in [0.15, 0.2) is 23.0 Å². The number of halogens is 2. The van der Waals surface area contributed by atoms with Crippen molar-refractivity contribution in [3.8, 4) is 73.4 Å². The van der Waals surface area contributed by atoms with Gasteiger partial charge < -0.3 is 23.7 Å². The van der Waals surface area contributed by atoms with E-state index in [-0.39, 0.29) is 11.6 Å². The number of hydrogen-bond acceptors (Lipinski definition) is 6. The van der Waals surface area contributed by atoms with Crippen LogP contribution in [0.15, 0.2) is 91.0 Å². The lowest BCUT2D eigenvalue weighted by Gasteiger charge is -2.19. The Kier molecular flexibility index (Phi) is 8.68. The van der Waals surface area contributed by atoms with E-state index in [1.54, 1.807) is 59.8 Å². The summed E-state index contributed by atoms with van der Waals surface area (Å²) in [5.41, 5.74) is 7.12. The van der Waals surface area contributed by atoms with Gasteiger partial charge in [0.2, 0.25) is 5.75 Å². The average Bonchev–Trinajstić information content (AvgIpc) is 3.10. The first-order valence-corrected chi connectivity index (χ1v) is 14.8. The zero-order valence-electron chi connectivity index (χ0n) is 26.9. The van der Waals surface area contributed by atoms with E-state index in [2.05, 4.69) is 0 Å². The Morgan fingerprint density at radius 1 is 0.468 bits per heavy atom. The molecule has 1 heterocycles. The maximum absolute atomic E-state index is 13.9. The minimum atomic E-state index is -0.324. The van der Waals surface area contributed by atoms with Crippen LogP contribution in [0.2, 0.25) is 0 Å². The average molecular weight is 634 g/mol. The number of ether oxygens (including phenoxy) is 5. The zero-order valence-corrected chi connectivity index (χ0v) is 26.9. The molecule has 8 heteroatoms. The van der Waals surface area contributed by atoms with Crippen molar-refractivity contribution in [1.29, 1.82) is 0 Å². The molecule has 0 radical (unpaired) electrons. The van der Waals surface area contributed by atoms with Crippen LogP contribution in [0.3, 0.4) is 0 Å². The molecule has 0 amide bonds. The van der Waals surface area contributed by atoms with Crippen molar-refractivity contribution in [2.75, 3.05) is 35.5 Å². The molecule has 5 aromatic carbocycles. The molecule has 0 unspecified atom stereocenters. The molecule has 0 saturated carbocycles. The van der Waals surface area contributed by atoms with Crippen molar-refractivity contribution >= 4 is 10.8 Å². The monoisotopic (exact) mass is 633 g/mol. The van der Waals surface area contributed by atoms with Crippen molar-refractivity contribution in [3.05, 3.63) is 108 Å². The summed E-state index contributed by atoms with van der Waals surface area (Å²) in [7, 11) is 7.92. The van der Waals surface area contributed by atoms with Crippen LogP contribution < -0.4 is 23.7 Å². The molecule has 0 N–H and O–H groups in total. The van der Waals surface area contributed by atoms with Crippen molar-refractivity contribution < 1.29 is 32.5 Å². The fourth-order valence-electron chi connectivity index (χ4n) is 5.95. The molecule has 0 saturated heterocycles. The maximum Gasteiger partial charge on any atom is 0.204 e. The third kappa shape index (κ3) is 5.90. The maximum atomic E-state index is 13.9. The van der Waals surface area contributed by atoms with Crippen LogP contribution in [-0.4, -0.2) is 40.5 Å². The van der Waals surface area contributed by atoms with Crippen LogP contribution in [-0.2, 0) is 0 Å². The number of fused-ring (bicyclic) bond motifs is 1. The predicted octanol–water partition coefficient (Wildman–Crippen LogP) is 9.53. The summed E-state index contributed by atoms with van der Waals surface area (Å²) in [6.45, 7) is 1.92. The summed E-state index contributed by atoms with van der Waals surface area (Å²) in [6, 6.07) is 26.4. The highest BCUT2D eigenvalue weighted by molar-refractivity contribution is 5.97. The number of pyridine rings is 1. The van der Waals surface area contributed by atoms with Crippen LogP contribution in [0, 0.1) is 18.6 Å². The normalized spacial score (nSPS) is 11.0. The molecule has 0 fully saturated rings. The quantitative estimate of drug-likeness (QED) is 0.158. The van der Waals surface area contributed by atoms with Crippen LogP contribution in [0.4, 0.5) is 8.78 Å². The van der Waals surface area contributed by atoms with Crippen molar-refractivity contribution in [2.24, 2.45) is 0 Å². The topological polar surface area (TPSA) is 59.0 Å². The minimum absolute atomic E-state index is 0.324. The number of nitrogens with zero attached hydrogens (tertiary/aromatic N) is 1. The molecule has 0 spiro atoms. The lowest BCUT2D eigenvalue weighted by atomic mass is 9.91. The van der Waals surface area contributed by atoms with Gasteiger partial charge in [-0.2, -0.15) is 0 Å². The van der Waals surface area contributed by atoms with E-state index >= 15 is 0 Å². The van der Waals surface area contributed by atoms with Gasteiger partial charge in [-0.25, -0.2) is 8.78 Å². The van der Waals surface area contributed by atoms with Crippen molar-refractivity contribution in [1.82, 2.24) is 4.98 Å². The van der Waals surface area contributed by atoms with E-state index in [4.69, 9.17) is 28.7 Å². The van der Waals surface area contributed by atoms with E-state index in [9.17, 15) is 8.78 Å². The van der Waals surface area contributed by atoms with Crippen LogP contribution >= 0.6 is 0 Å². The number of benzene rings is 5. The molecule has 6 nitrogen and oxygen atoms in total. The molecule has 0 atom stereocenters. The lowest BCUT2D eigenvalue weighted by molar-refractivity contribution is 0.327. The Bertz CT molecular complexity index is 2030. The smallest absolute Gasteiger partial charge is 0.204 e. The van der Waals surface area contributed by atoms with Gasteiger partial charge in [0, 0.05) is 22.2 Å². The third-order valence-corrected chi connectivity index (χ3v) is 8.18. The molecule has 0 aliphatic carbocycles. The number of rotatable bonds is 9. The van der Waals surface area contributed by atoms with Crippen molar-refractivity contribution in [3.63, 3.8) is 0 Å².